The van der Waals surface area contributed by atoms with Gasteiger partial charge in [-0.1, -0.05) is 42.5 Å². The number of benzene rings is 2. The third-order valence-corrected chi connectivity index (χ3v) is 3.67. The van der Waals surface area contributed by atoms with Crippen LogP contribution in [-0.4, -0.2) is 17.6 Å². The van der Waals surface area contributed by atoms with Crippen LogP contribution in [0.4, 0.5) is 13.2 Å². The summed E-state index contributed by atoms with van der Waals surface area (Å²) in [6.45, 7) is 1.59. The number of carbonyl (C=O) groups excluding carboxylic acids is 1. The number of halogens is 3. The SMILES string of the molecule is CC(O)(CNC(=O)Cc1ccc(C(F)(F)F)cc1)c1ccccc1. The summed E-state index contributed by atoms with van der Waals surface area (Å²) < 4.78 is 37.5. The second-order valence-electron chi connectivity index (χ2n) is 5.79. The summed E-state index contributed by atoms with van der Waals surface area (Å²) in [6.07, 6.45) is -4.45. The largest absolute Gasteiger partial charge is 0.416 e. The van der Waals surface area contributed by atoms with Gasteiger partial charge in [-0.25, -0.2) is 0 Å². The van der Waals surface area contributed by atoms with Crippen molar-refractivity contribution < 1.29 is 23.1 Å². The monoisotopic (exact) mass is 337 g/mol. The number of aliphatic hydroxyl groups is 1. The van der Waals surface area contributed by atoms with Gasteiger partial charge in [-0.05, 0) is 30.2 Å². The zero-order chi connectivity index (χ0) is 17.8. The van der Waals surface area contributed by atoms with Gasteiger partial charge in [-0.15, -0.1) is 0 Å². The Morgan fingerprint density at radius 2 is 1.58 bits per heavy atom. The van der Waals surface area contributed by atoms with Gasteiger partial charge in [0.1, 0.15) is 5.60 Å². The molecule has 0 heterocycles. The van der Waals surface area contributed by atoms with Crippen LogP contribution in [0, 0.1) is 0 Å². The Kier molecular flexibility index (Phi) is 5.29. The predicted octanol–water partition coefficient (Wildman–Crippen LogP) is 3.27. The fourth-order valence-electron chi connectivity index (χ4n) is 2.23. The number of carbonyl (C=O) groups is 1. The topological polar surface area (TPSA) is 49.3 Å². The van der Waals surface area contributed by atoms with E-state index in [1.165, 1.54) is 12.1 Å². The molecule has 0 saturated heterocycles. The summed E-state index contributed by atoms with van der Waals surface area (Å²) in [5.41, 5.74) is -0.838. The number of nitrogens with one attached hydrogen (secondary N) is 1. The molecular weight excluding hydrogens is 319 g/mol. The number of amides is 1. The molecule has 128 valence electrons. The molecule has 0 saturated carbocycles. The summed E-state index contributed by atoms with van der Waals surface area (Å²) in [5.74, 6) is -0.369. The minimum Gasteiger partial charge on any atom is -0.384 e. The molecule has 0 spiro atoms. The van der Waals surface area contributed by atoms with Crippen molar-refractivity contribution in [3.63, 3.8) is 0 Å². The fraction of sp³-hybridized carbons (Fsp3) is 0.278. The van der Waals surface area contributed by atoms with Crippen molar-refractivity contribution in [3.8, 4) is 0 Å². The molecule has 2 aromatic rings. The van der Waals surface area contributed by atoms with E-state index >= 15 is 0 Å². The van der Waals surface area contributed by atoms with E-state index in [2.05, 4.69) is 5.32 Å². The van der Waals surface area contributed by atoms with Crippen molar-refractivity contribution in [3.05, 3.63) is 71.3 Å². The average Bonchev–Trinajstić information content (AvgIpc) is 2.54. The maximum Gasteiger partial charge on any atom is 0.416 e. The lowest BCUT2D eigenvalue weighted by Gasteiger charge is -2.24. The molecule has 0 aliphatic carbocycles. The van der Waals surface area contributed by atoms with Crippen molar-refractivity contribution in [1.82, 2.24) is 5.32 Å². The molecule has 1 amide bonds. The maximum absolute atomic E-state index is 12.5. The van der Waals surface area contributed by atoms with Gasteiger partial charge < -0.3 is 10.4 Å². The highest BCUT2D eigenvalue weighted by Gasteiger charge is 2.30. The second kappa shape index (κ2) is 7.05. The van der Waals surface area contributed by atoms with E-state index in [0.29, 0.717) is 11.1 Å². The van der Waals surface area contributed by atoms with Crippen LogP contribution in [0.2, 0.25) is 0 Å². The van der Waals surface area contributed by atoms with Crippen LogP contribution in [0.5, 0.6) is 0 Å². The summed E-state index contributed by atoms with van der Waals surface area (Å²) in [6, 6.07) is 13.3. The van der Waals surface area contributed by atoms with E-state index in [-0.39, 0.29) is 18.9 Å². The van der Waals surface area contributed by atoms with Gasteiger partial charge in [0.25, 0.3) is 0 Å². The molecular formula is C18H18F3NO2. The summed E-state index contributed by atoms with van der Waals surface area (Å²) >= 11 is 0. The Morgan fingerprint density at radius 1 is 1.00 bits per heavy atom. The summed E-state index contributed by atoms with van der Waals surface area (Å²) in [5, 5.41) is 13.0. The van der Waals surface area contributed by atoms with Crippen LogP contribution in [0.15, 0.2) is 54.6 Å². The van der Waals surface area contributed by atoms with E-state index in [1.807, 2.05) is 6.07 Å². The average molecular weight is 337 g/mol. The zero-order valence-electron chi connectivity index (χ0n) is 13.1. The van der Waals surface area contributed by atoms with Gasteiger partial charge in [0.05, 0.1) is 18.5 Å². The lowest BCUT2D eigenvalue weighted by molar-refractivity contribution is -0.137. The van der Waals surface area contributed by atoms with E-state index in [4.69, 9.17) is 0 Å². The minimum atomic E-state index is -4.39. The summed E-state index contributed by atoms with van der Waals surface area (Å²) in [4.78, 5) is 11.9. The lowest BCUT2D eigenvalue weighted by atomic mass is 9.96. The van der Waals surface area contributed by atoms with Gasteiger partial charge in [0.2, 0.25) is 5.91 Å². The molecule has 2 N–H and O–H groups in total. The predicted molar refractivity (Wildman–Crippen MR) is 84.2 cm³/mol. The third-order valence-electron chi connectivity index (χ3n) is 3.67. The minimum absolute atomic E-state index is 0.0104. The molecule has 1 unspecified atom stereocenters. The standard InChI is InChI=1S/C18H18F3NO2/c1-17(24,14-5-3-2-4-6-14)12-22-16(23)11-13-7-9-15(10-8-13)18(19,20)21/h2-10,24H,11-12H2,1H3,(H,22,23). The highest BCUT2D eigenvalue weighted by atomic mass is 19.4. The molecule has 2 rings (SSSR count). The molecule has 24 heavy (non-hydrogen) atoms. The molecule has 0 aliphatic heterocycles. The van der Waals surface area contributed by atoms with E-state index < -0.39 is 17.3 Å². The number of hydrogen-bond donors (Lipinski definition) is 2. The first-order valence-electron chi connectivity index (χ1n) is 7.39. The van der Waals surface area contributed by atoms with Crippen molar-refractivity contribution in [2.24, 2.45) is 0 Å². The van der Waals surface area contributed by atoms with Crippen molar-refractivity contribution in [1.29, 1.82) is 0 Å². The molecule has 0 bridgehead atoms. The molecule has 0 aromatic heterocycles. The van der Waals surface area contributed by atoms with Crippen LogP contribution < -0.4 is 5.32 Å². The summed E-state index contributed by atoms with van der Waals surface area (Å²) in [7, 11) is 0. The van der Waals surface area contributed by atoms with Crippen molar-refractivity contribution >= 4 is 5.91 Å². The molecule has 0 radical (unpaired) electrons. The second-order valence-corrected chi connectivity index (χ2v) is 5.79. The van der Waals surface area contributed by atoms with Crippen molar-refractivity contribution in [2.45, 2.75) is 25.1 Å². The van der Waals surface area contributed by atoms with Crippen LogP contribution in [0.3, 0.4) is 0 Å². The Labute approximate surface area is 138 Å². The molecule has 0 aliphatic rings. The smallest absolute Gasteiger partial charge is 0.384 e. The van der Waals surface area contributed by atoms with Gasteiger partial charge in [0.15, 0.2) is 0 Å². The molecule has 6 heteroatoms. The Morgan fingerprint density at radius 3 is 2.12 bits per heavy atom. The zero-order valence-corrected chi connectivity index (χ0v) is 13.1. The number of hydrogen-bond acceptors (Lipinski definition) is 2. The Bertz CT molecular complexity index is 680. The molecule has 3 nitrogen and oxygen atoms in total. The quantitative estimate of drug-likeness (QED) is 0.880. The van der Waals surface area contributed by atoms with Gasteiger partial charge in [-0.3, -0.25) is 4.79 Å². The first-order valence-corrected chi connectivity index (χ1v) is 7.39. The van der Waals surface area contributed by atoms with Crippen LogP contribution in [0.25, 0.3) is 0 Å². The third kappa shape index (κ3) is 4.83. The first-order chi connectivity index (χ1) is 11.2. The Hall–Kier alpha value is -2.34. The van der Waals surface area contributed by atoms with Crippen LogP contribution in [-0.2, 0) is 23.0 Å². The van der Waals surface area contributed by atoms with Crippen LogP contribution >= 0.6 is 0 Å². The maximum atomic E-state index is 12.5. The Balaban J connectivity index is 1.92. The normalized spacial score (nSPS) is 14.0. The highest BCUT2D eigenvalue weighted by molar-refractivity contribution is 5.78. The van der Waals surface area contributed by atoms with E-state index in [1.54, 1.807) is 31.2 Å². The number of alkyl halides is 3. The van der Waals surface area contributed by atoms with Gasteiger partial charge >= 0.3 is 6.18 Å². The van der Waals surface area contributed by atoms with Crippen LogP contribution in [0.1, 0.15) is 23.6 Å². The van der Waals surface area contributed by atoms with E-state index in [0.717, 1.165) is 12.1 Å². The fourth-order valence-corrected chi connectivity index (χ4v) is 2.23. The molecule has 0 fully saturated rings. The lowest BCUT2D eigenvalue weighted by Crippen LogP contribution is -2.39. The highest BCUT2D eigenvalue weighted by Crippen LogP contribution is 2.29. The molecule has 2 aromatic carbocycles. The molecule has 1 atom stereocenters. The van der Waals surface area contributed by atoms with Gasteiger partial charge in [-0.2, -0.15) is 13.2 Å². The van der Waals surface area contributed by atoms with Gasteiger partial charge in [0, 0.05) is 0 Å². The first kappa shape index (κ1) is 18.0. The van der Waals surface area contributed by atoms with E-state index in [9.17, 15) is 23.1 Å². The number of rotatable bonds is 5. The van der Waals surface area contributed by atoms with Crippen molar-refractivity contribution in [2.75, 3.05) is 6.54 Å².